The first-order valence-corrected chi connectivity index (χ1v) is 6.48. The van der Waals surface area contributed by atoms with Gasteiger partial charge in [0, 0.05) is 22.2 Å². The highest BCUT2D eigenvalue weighted by Crippen LogP contribution is 2.23. The van der Waals surface area contributed by atoms with Crippen LogP contribution in [-0.2, 0) is 0 Å². The van der Waals surface area contributed by atoms with Gasteiger partial charge in [0.1, 0.15) is 0 Å². The number of pyridine rings is 1. The number of nitrogens with one attached hydrogen (secondary N) is 1. The Kier molecular flexibility index (Phi) is 3.05. The quantitative estimate of drug-likeness (QED) is 0.703. The molecular weight excluding hydrogens is 281 g/mol. The Hall–Kier alpha value is -1.77. The number of benzene rings is 2. The van der Waals surface area contributed by atoms with Crippen LogP contribution in [0.1, 0.15) is 0 Å². The fraction of sp³-hybridized carbons (Fsp3) is 0. The van der Waals surface area contributed by atoms with E-state index in [1.807, 2.05) is 12.1 Å². The van der Waals surface area contributed by atoms with Gasteiger partial charge >= 0.3 is 0 Å². The van der Waals surface area contributed by atoms with Crippen LogP contribution in [-0.4, -0.2) is 4.98 Å². The van der Waals surface area contributed by atoms with Crippen molar-refractivity contribution in [2.24, 2.45) is 0 Å². The van der Waals surface area contributed by atoms with E-state index in [0.29, 0.717) is 26.5 Å². The summed E-state index contributed by atoms with van der Waals surface area (Å²) in [6.07, 6.45) is 1.68. The molecule has 0 spiro atoms. The van der Waals surface area contributed by atoms with Gasteiger partial charge in [0.25, 0.3) is 0 Å². The predicted octanol–water partition coefficient (Wildman–Crippen LogP) is 4.50. The molecule has 19 heavy (non-hydrogen) atoms. The highest BCUT2D eigenvalue weighted by molar-refractivity contribution is 6.35. The first kappa shape index (κ1) is 12.3. The second kappa shape index (κ2) is 4.72. The number of aromatic amines is 1. The Labute approximate surface area is 119 Å². The molecule has 3 rings (SSSR count). The van der Waals surface area contributed by atoms with Crippen LogP contribution in [0, 0.1) is 0 Å². The number of H-pyrrole nitrogens is 1. The molecule has 2 nitrogen and oxygen atoms in total. The average molecular weight is 290 g/mol. The van der Waals surface area contributed by atoms with Gasteiger partial charge in [-0.2, -0.15) is 0 Å². The maximum Gasteiger partial charge on any atom is 0.197 e. The number of hydrogen-bond acceptors (Lipinski definition) is 1. The minimum absolute atomic E-state index is 0.0430. The second-order valence-electron chi connectivity index (χ2n) is 4.20. The lowest BCUT2D eigenvalue weighted by Crippen LogP contribution is -2.06. The van der Waals surface area contributed by atoms with Crippen molar-refractivity contribution in [3.63, 3.8) is 0 Å². The van der Waals surface area contributed by atoms with Crippen molar-refractivity contribution in [3.8, 4) is 11.1 Å². The van der Waals surface area contributed by atoms with E-state index in [1.165, 1.54) is 0 Å². The van der Waals surface area contributed by atoms with E-state index >= 15 is 0 Å². The molecule has 0 saturated carbocycles. The Morgan fingerprint density at radius 1 is 0.947 bits per heavy atom. The standard InChI is InChI=1S/C15H9Cl2NO/c16-10-6-4-9(5-7-10)12-8-18-14-11(15(12)19)2-1-3-13(14)17/h1-8H,(H,18,19). The topological polar surface area (TPSA) is 32.9 Å². The Morgan fingerprint density at radius 2 is 1.68 bits per heavy atom. The van der Waals surface area contributed by atoms with Crippen LogP contribution in [0.4, 0.5) is 0 Å². The average Bonchev–Trinajstić information content (AvgIpc) is 2.42. The smallest absolute Gasteiger partial charge is 0.197 e. The van der Waals surface area contributed by atoms with E-state index < -0.39 is 0 Å². The molecule has 1 heterocycles. The van der Waals surface area contributed by atoms with Crippen LogP contribution in [0.25, 0.3) is 22.0 Å². The van der Waals surface area contributed by atoms with Crippen LogP contribution in [0.2, 0.25) is 10.0 Å². The molecule has 0 amide bonds. The van der Waals surface area contributed by atoms with Gasteiger partial charge in [0.2, 0.25) is 0 Å². The Balaban J connectivity index is 2.29. The zero-order valence-corrected chi connectivity index (χ0v) is 11.3. The molecule has 0 unspecified atom stereocenters. The fourth-order valence-corrected chi connectivity index (χ4v) is 2.41. The lowest BCUT2D eigenvalue weighted by Gasteiger charge is -2.05. The molecule has 0 atom stereocenters. The number of hydrogen-bond donors (Lipinski definition) is 1. The van der Waals surface area contributed by atoms with Crippen molar-refractivity contribution < 1.29 is 0 Å². The van der Waals surface area contributed by atoms with E-state index in [4.69, 9.17) is 23.2 Å². The van der Waals surface area contributed by atoms with Gasteiger partial charge in [-0.15, -0.1) is 0 Å². The van der Waals surface area contributed by atoms with E-state index in [2.05, 4.69) is 4.98 Å². The molecule has 0 aliphatic heterocycles. The normalized spacial score (nSPS) is 10.8. The summed E-state index contributed by atoms with van der Waals surface area (Å²) >= 11 is 11.9. The molecule has 2 aromatic carbocycles. The number of para-hydroxylation sites is 1. The van der Waals surface area contributed by atoms with Crippen LogP contribution >= 0.6 is 23.2 Å². The third kappa shape index (κ3) is 2.14. The van der Waals surface area contributed by atoms with Crippen molar-refractivity contribution in [3.05, 3.63) is 68.9 Å². The molecule has 0 fully saturated rings. The summed E-state index contributed by atoms with van der Waals surface area (Å²) in [5, 5.41) is 1.77. The summed E-state index contributed by atoms with van der Waals surface area (Å²) in [5.74, 6) is 0. The van der Waals surface area contributed by atoms with Gasteiger partial charge in [-0.25, -0.2) is 0 Å². The molecule has 94 valence electrons. The highest BCUT2D eigenvalue weighted by Gasteiger charge is 2.08. The van der Waals surface area contributed by atoms with E-state index in [0.717, 1.165) is 5.56 Å². The van der Waals surface area contributed by atoms with Crippen molar-refractivity contribution in [2.75, 3.05) is 0 Å². The molecule has 4 heteroatoms. The van der Waals surface area contributed by atoms with Gasteiger partial charge in [-0.1, -0.05) is 41.4 Å². The van der Waals surface area contributed by atoms with E-state index in [1.54, 1.807) is 36.5 Å². The largest absolute Gasteiger partial charge is 0.359 e. The molecule has 0 saturated heterocycles. The monoisotopic (exact) mass is 289 g/mol. The maximum atomic E-state index is 12.5. The first-order valence-electron chi connectivity index (χ1n) is 5.72. The van der Waals surface area contributed by atoms with Crippen LogP contribution in [0.5, 0.6) is 0 Å². The fourth-order valence-electron chi connectivity index (χ4n) is 2.06. The predicted molar refractivity (Wildman–Crippen MR) is 80.0 cm³/mol. The van der Waals surface area contributed by atoms with Crippen LogP contribution in [0.15, 0.2) is 53.5 Å². The second-order valence-corrected chi connectivity index (χ2v) is 5.04. The molecule has 0 aliphatic rings. The minimum atomic E-state index is -0.0430. The van der Waals surface area contributed by atoms with E-state index in [9.17, 15) is 4.79 Å². The number of halogens is 2. The lowest BCUT2D eigenvalue weighted by molar-refractivity contribution is 1.38. The molecule has 1 N–H and O–H groups in total. The SMILES string of the molecule is O=c1c(-c2ccc(Cl)cc2)c[nH]c2c(Cl)cccc12. The number of rotatable bonds is 1. The molecule has 1 aromatic heterocycles. The number of fused-ring (bicyclic) bond motifs is 1. The minimum Gasteiger partial charge on any atom is -0.359 e. The molecule has 3 aromatic rings. The summed E-state index contributed by atoms with van der Waals surface area (Å²) in [5.41, 5.74) is 2.05. The van der Waals surface area contributed by atoms with Crippen molar-refractivity contribution in [1.82, 2.24) is 4.98 Å². The van der Waals surface area contributed by atoms with Gasteiger partial charge in [-0.3, -0.25) is 4.79 Å². The van der Waals surface area contributed by atoms with Crippen molar-refractivity contribution in [1.29, 1.82) is 0 Å². The number of aromatic nitrogens is 1. The summed E-state index contributed by atoms with van der Waals surface area (Å²) in [6.45, 7) is 0. The maximum absolute atomic E-state index is 12.5. The Bertz CT molecular complexity index is 806. The summed E-state index contributed by atoms with van der Waals surface area (Å²) < 4.78 is 0. The van der Waals surface area contributed by atoms with Crippen molar-refractivity contribution in [2.45, 2.75) is 0 Å². The first-order chi connectivity index (χ1) is 9.16. The third-order valence-electron chi connectivity index (χ3n) is 3.02. The van der Waals surface area contributed by atoms with Gasteiger partial charge < -0.3 is 4.98 Å². The van der Waals surface area contributed by atoms with Gasteiger partial charge in [0.05, 0.1) is 10.5 Å². The van der Waals surface area contributed by atoms with Gasteiger partial charge in [0.15, 0.2) is 5.43 Å². The zero-order chi connectivity index (χ0) is 13.4. The third-order valence-corrected chi connectivity index (χ3v) is 3.59. The van der Waals surface area contributed by atoms with Crippen molar-refractivity contribution >= 4 is 34.1 Å². The molecule has 0 bridgehead atoms. The van der Waals surface area contributed by atoms with Crippen LogP contribution < -0.4 is 5.43 Å². The highest BCUT2D eigenvalue weighted by atomic mass is 35.5. The summed E-state index contributed by atoms with van der Waals surface area (Å²) in [6, 6.07) is 12.5. The molecule has 0 aliphatic carbocycles. The molecular formula is C15H9Cl2NO. The van der Waals surface area contributed by atoms with Crippen LogP contribution in [0.3, 0.4) is 0 Å². The summed E-state index contributed by atoms with van der Waals surface area (Å²) in [7, 11) is 0. The van der Waals surface area contributed by atoms with Gasteiger partial charge in [-0.05, 0) is 29.8 Å². The lowest BCUT2D eigenvalue weighted by atomic mass is 10.0. The zero-order valence-electron chi connectivity index (χ0n) is 9.78. The summed E-state index contributed by atoms with van der Waals surface area (Å²) in [4.78, 5) is 15.5. The molecule has 0 radical (unpaired) electrons. The Morgan fingerprint density at radius 3 is 2.42 bits per heavy atom. The van der Waals surface area contributed by atoms with E-state index in [-0.39, 0.29) is 5.43 Å².